The summed E-state index contributed by atoms with van der Waals surface area (Å²) in [5.41, 5.74) is 0. The summed E-state index contributed by atoms with van der Waals surface area (Å²) in [4.78, 5) is 10.7. The average molecular weight is 158 g/mol. The molecule has 0 fully saturated rings. The average Bonchev–Trinajstić information content (AvgIpc) is 1.99. The first kappa shape index (κ1) is 10.2. The summed E-state index contributed by atoms with van der Waals surface area (Å²) in [5, 5.41) is 8.37. The van der Waals surface area contributed by atoms with Crippen molar-refractivity contribution < 1.29 is 14.6 Å². The number of hydrogen-bond donors (Lipinski definition) is 1. The molecule has 1 N–H and O–H groups in total. The van der Waals surface area contributed by atoms with Crippen LogP contribution in [0.1, 0.15) is 19.8 Å². The molecule has 0 radical (unpaired) electrons. The van der Waals surface area contributed by atoms with Crippen molar-refractivity contribution >= 4 is 5.97 Å². The summed E-state index contributed by atoms with van der Waals surface area (Å²) in [6.45, 7) is 2.32. The van der Waals surface area contributed by atoms with Crippen molar-refractivity contribution in [3.63, 3.8) is 0 Å². The molecule has 64 valence electrons. The van der Waals surface area contributed by atoms with Crippen molar-refractivity contribution in [3.8, 4) is 0 Å². The maximum Gasteiger partial charge on any atom is 0.309 e. The first-order valence-electron chi connectivity index (χ1n) is 3.72. The topological polar surface area (TPSA) is 46.5 Å². The van der Waals surface area contributed by atoms with Crippen LogP contribution >= 0.6 is 0 Å². The fraction of sp³-hybridized carbons (Fsp3) is 0.625. The minimum absolute atomic E-state index is 0.124. The van der Waals surface area contributed by atoms with E-state index < -0.39 is 0 Å². The molecule has 3 heteroatoms. The molecule has 0 aliphatic heterocycles. The lowest BCUT2D eigenvalue weighted by Gasteiger charge is -1.95. The molecule has 11 heavy (non-hydrogen) atoms. The third-order valence-corrected chi connectivity index (χ3v) is 1.05. The van der Waals surface area contributed by atoms with Crippen LogP contribution in [0.15, 0.2) is 12.2 Å². The summed E-state index contributed by atoms with van der Waals surface area (Å²) in [6.07, 6.45) is 4.36. The summed E-state index contributed by atoms with van der Waals surface area (Å²) in [7, 11) is 0. The van der Waals surface area contributed by atoms with E-state index in [0.717, 1.165) is 0 Å². The molecule has 0 aromatic heterocycles. The molecule has 0 aromatic rings. The van der Waals surface area contributed by atoms with E-state index in [9.17, 15) is 4.79 Å². The number of carbonyl (C=O) groups excluding carboxylic acids is 1. The molecule has 0 rings (SSSR count). The number of rotatable bonds is 5. The minimum atomic E-state index is -0.221. The maximum absolute atomic E-state index is 10.7. The lowest BCUT2D eigenvalue weighted by molar-refractivity contribution is -0.142. The molecule has 0 heterocycles. The normalized spacial score (nSPS) is 10.4. The predicted octanol–water partition coefficient (Wildman–Crippen LogP) is 0.878. The summed E-state index contributed by atoms with van der Waals surface area (Å²) in [5.74, 6) is -0.221. The molecule has 0 saturated carbocycles. The predicted molar refractivity (Wildman–Crippen MR) is 42.1 cm³/mol. The van der Waals surface area contributed by atoms with Crippen LogP contribution in [-0.4, -0.2) is 24.3 Å². The van der Waals surface area contributed by atoms with Crippen LogP contribution in [0.2, 0.25) is 0 Å². The van der Waals surface area contributed by atoms with Gasteiger partial charge < -0.3 is 9.84 Å². The number of aliphatic hydroxyl groups is 1. The van der Waals surface area contributed by atoms with Gasteiger partial charge in [-0.25, -0.2) is 0 Å². The Labute approximate surface area is 66.7 Å². The summed E-state index contributed by atoms with van der Waals surface area (Å²) >= 11 is 0. The van der Waals surface area contributed by atoms with E-state index in [4.69, 9.17) is 5.11 Å². The van der Waals surface area contributed by atoms with Crippen LogP contribution < -0.4 is 0 Å². The number of aliphatic hydroxyl groups excluding tert-OH is 1. The molecule has 0 saturated heterocycles. The molecule has 0 bridgehead atoms. The van der Waals surface area contributed by atoms with Crippen molar-refractivity contribution in [2.75, 3.05) is 13.2 Å². The van der Waals surface area contributed by atoms with Gasteiger partial charge >= 0.3 is 5.97 Å². The van der Waals surface area contributed by atoms with E-state index in [1.165, 1.54) is 0 Å². The van der Waals surface area contributed by atoms with Gasteiger partial charge in [-0.1, -0.05) is 12.2 Å². The molecule has 0 unspecified atom stereocenters. The highest BCUT2D eigenvalue weighted by Crippen LogP contribution is 1.89. The Morgan fingerprint density at radius 3 is 2.82 bits per heavy atom. The zero-order valence-electron chi connectivity index (χ0n) is 6.75. The zero-order valence-corrected chi connectivity index (χ0v) is 6.75. The van der Waals surface area contributed by atoms with Gasteiger partial charge in [-0.2, -0.15) is 0 Å². The van der Waals surface area contributed by atoms with Gasteiger partial charge in [-0.3, -0.25) is 4.79 Å². The Kier molecular flexibility index (Phi) is 6.73. The summed E-state index contributed by atoms with van der Waals surface area (Å²) in [6, 6.07) is 0. The van der Waals surface area contributed by atoms with E-state index in [-0.39, 0.29) is 12.6 Å². The van der Waals surface area contributed by atoms with Crippen LogP contribution in [0, 0.1) is 0 Å². The van der Waals surface area contributed by atoms with Crippen LogP contribution in [0.25, 0.3) is 0 Å². The fourth-order valence-corrected chi connectivity index (χ4v) is 0.592. The van der Waals surface area contributed by atoms with Crippen molar-refractivity contribution in [2.45, 2.75) is 19.8 Å². The SMILES string of the molecule is CCOC(=O)C/C=C\CCO. The monoisotopic (exact) mass is 158 g/mol. The molecular weight excluding hydrogens is 144 g/mol. The van der Waals surface area contributed by atoms with E-state index >= 15 is 0 Å². The molecular formula is C8H14O3. The first-order chi connectivity index (χ1) is 5.31. The smallest absolute Gasteiger partial charge is 0.309 e. The zero-order chi connectivity index (χ0) is 8.53. The fourth-order valence-electron chi connectivity index (χ4n) is 0.592. The van der Waals surface area contributed by atoms with Crippen LogP contribution in [0.5, 0.6) is 0 Å². The Balaban J connectivity index is 3.29. The maximum atomic E-state index is 10.7. The summed E-state index contributed by atoms with van der Waals surface area (Å²) < 4.78 is 4.67. The van der Waals surface area contributed by atoms with Crippen LogP contribution in [0.4, 0.5) is 0 Å². The van der Waals surface area contributed by atoms with Gasteiger partial charge in [-0.15, -0.1) is 0 Å². The first-order valence-corrected chi connectivity index (χ1v) is 3.72. The highest BCUT2D eigenvalue weighted by atomic mass is 16.5. The van der Waals surface area contributed by atoms with E-state index in [2.05, 4.69) is 4.74 Å². The van der Waals surface area contributed by atoms with Gasteiger partial charge in [0.05, 0.1) is 13.0 Å². The van der Waals surface area contributed by atoms with Gasteiger partial charge in [0, 0.05) is 6.61 Å². The van der Waals surface area contributed by atoms with Crippen LogP contribution in [-0.2, 0) is 9.53 Å². The van der Waals surface area contributed by atoms with Crippen molar-refractivity contribution in [1.82, 2.24) is 0 Å². The molecule has 0 aliphatic carbocycles. The Hall–Kier alpha value is -0.830. The van der Waals surface area contributed by atoms with Gasteiger partial charge in [-0.05, 0) is 13.3 Å². The van der Waals surface area contributed by atoms with Gasteiger partial charge in [0.15, 0.2) is 0 Å². The molecule has 0 spiro atoms. The van der Waals surface area contributed by atoms with Gasteiger partial charge in [0.25, 0.3) is 0 Å². The molecule has 0 atom stereocenters. The second-order valence-electron chi connectivity index (χ2n) is 1.99. The lowest BCUT2D eigenvalue weighted by Crippen LogP contribution is -2.01. The number of ether oxygens (including phenoxy) is 1. The molecule has 0 aromatic carbocycles. The number of hydrogen-bond acceptors (Lipinski definition) is 3. The van der Waals surface area contributed by atoms with Crippen molar-refractivity contribution in [2.24, 2.45) is 0 Å². The van der Waals surface area contributed by atoms with Crippen LogP contribution in [0.3, 0.4) is 0 Å². The third kappa shape index (κ3) is 7.06. The second kappa shape index (κ2) is 7.28. The number of esters is 1. The Morgan fingerprint density at radius 1 is 1.55 bits per heavy atom. The number of carbonyl (C=O) groups is 1. The quantitative estimate of drug-likeness (QED) is 0.477. The van der Waals surface area contributed by atoms with Crippen molar-refractivity contribution in [1.29, 1.82) is 0 Å². The lowest BCUT2D eigenvalue weighted by atomic mass is 10.3. The van der Waals surface area contributed by atoms with E-state index in [1.54, 1.807) is 19.1 Å². The highest BCUT2D eigenvalue weighted by Gasteiger charge is 1.94. The largest absolute Gasteiger partial charge is 0.466 e. The Bertz CT molecular complexity index is 129. The standard InChI is InChI=1S/C8H14O3/c1-2-11-8(10)6-4-3-5-7-9/h3-4,9H,2,5-7H2,1H3/b4-3-. The second-order valence-corrected chi connectivity index (χ2v) is 1.99. The molecule has 0 amide bonds. The van der Waals surface area contributed by atoms with E-state index in [1.807, 2.05) is 0 Å². The molecule has 3 nitrogen and oxygen atoms in total. The molecule has 0 aliphatic rings. The third-order valence-electron chi connectivity index (χ3n) is 1.05. The minimum Gasteiger partial charge on any atom is -0.466 e. The van der Waals surface area contributed by atoms with Gasteiger partial charge in [0.1, 0.15) is 0 Å². The van der Waals surface area contributed by atoms with Gasteiger partial charge in [0.2, 0.25) is 0 Å². The highest BCUT2D eigenvalue weighted by molar-refractivity contribution is 5.71. The van der Waals surface area contributed by atoms with Crippen molar-refractivity contribution in [3.05, 3.63) is 12.2 Å². The Morgan fingerprint density at radius 2 is 2.27 bits per heavy atom. The van der Waals surface area contributed by atoms with E-state index in [0.29, 0.717) is 19.4 Å².